The molecular weight excluding hydrogens is 202 g/mol. The Morgan fingerprint density at radius 1 is 1.38 bits per heavy atom. The van der Waals surface area contributed by atoms with Gasteiger partial charge in [0.05, 0.1) is 17.4 Å². The van der Waals surface area contributed by atoms with Crippen LogP contribution in [0.3, 0.4) is 0 Å². The summed E-state index contributed by atoms with van der Waals surface area (Å²) in [7, 11) is 0. The van der Waals surface area contributed by atoms with Gasteiger partial charge in [-0.25, -0.2) is 4.98 Å². The van der Waals surface area contributed by atoms with Gasteiger partial charge in [0.2, 0.25) is 0 Å². The molecule has 2 rings (SSSR count). The summed E-state index contributed by atoms with van der Waals surface area (Å²) in [6, 6.07) is 8.05. The fourth-order valence-corrected chi connectivity index (χ4v) is 1.68. The van der Waals surface area contributed by atoms with E-state index in [1.54, 1.807) is 0 Å². The number of hydrogen-bond donors (Lipinski definition) is 2. The maximum absolute atomic E-state index is 5.53. The van der Waals surface area contributed by atoms with Gasteiger partial charge in [0, 0.05) is 13.0 Å². The van der Waals surface area contributed by atoms with Crippen molar-refractivity contribution in [3.63, 3.8) is 0 Å². The molecule has 5 heteroatoms. The third kappa shape index (κ3) is 2.13. The average molecular weight is 217 g/mol. The van der Waals surface area contributed by atoms with Crippen molar-refractivity contribution in [2.24, 2.45) is 16.7 Å². The summed E-state index contributed by atoms with van der Waals surface area (Å²) in [6.07, 6.45) is 3.47. The first kappa shape index (κ1) is 10.5. The molecule has 0 amide bonds. The molecule has 0 fully saturated rings. The molecule has 1 aromatic heterocycles. The Balaban J connectivity index is 2.05. The fourth-order valence-electron chi connectivity index (χ4n) is 1.68. The molecule has 0 radical (unpaired) electrons. The minimum atomic E-state index is 0.490. The van der Waals surface area contributed by atoms with E-state index in [2.05, 4.69) is 20.7 Å². The zero-order valence-electron chi connectivity index (χ0n) is 9.00. The van der Waals surface area contributed by atoms with Crippen LogP contribution in [-0.4, -0.2) is 15.4 Å². The molecule has 2 aromatic rings. The largest absolute Gasteiger partial charge is 0.386 e. The summed E-state index contributed by atoms with van der Waals surface area (Å²) in [5.41, 5.74) is 7.69. The van der Waals surface area contributed by atoms with Crippen molar-refractivity contribution in [3.8, 4) is 0 Å². The van der Waals surface area contributed by atoms with E-state index in [0.717, 1.165) is 24.0 Å². The van der Waals surface area contributed by atoms with Crippen molar-refractivity contribution in [3.05, 3.63) is 30.6 Å². The van der Waals surface area contributed by atoms with E-state index in [9.17, 15) is 0 Å². The molecular formula is C11H15N5. The number of hydrogen-bond acceptors (Lipinski definition) is 3. The highest BCUT2D eigenvalue weighted by molar-refractivity contribution is 5.79. The smallest absolute Gasteiger partial charge is 0.119 e. The van der Waals surface area contributed by atoms with Gasteiger partial charge in [0.25, 0.3) is 0 Å². The van der Waals surface area contributed by atoms with Crippen molar-refractivity contribution >= 4 is 16.9 Å². The highest BCUT2D eigenvalue weighted by atomic mass is 15.2. The lowest BCUT2D eigenvalue weighted by Gasteiger charge is -2.03. The third-order valence-electron chi connectivity index (χ3n) is 2.53. The first-order chi connectivity index (χ1) is 7.81. The summed E-state index contributed by atoms with van der Waals surface area (Å²) < 4.78 is 2.11. The molecule has 4 N–H and O–H groups in total. The summed E-state index contributed by atoms with van der Waals surface area (Å²) in [6.45, 7) is 0.872. The normalized spacial score (nSPS) is 12.1. The Hall–Kier alpha value is -2.04. The fraction of sp³-hybridized carbons (Fsp3) is 0.273. The van der Waals surface area contributed by atoms with Gasteiger partial charge in [0.15, 0.2) is 0 Å². The number of imidazole rings is 1. The van der Waals surface area contributed by atoms with E-state index in [4.69, 9.17) is 11.6 Å². The molecule has 0 saturated carbocycles. The van der Waals surface area contributed by atoms with Gasteiger partial charge < -0.3 is 16.1 Å². The van der Waals surface area contributed by atoms with E-state index in [-0.39, 0.29) is 0 Å². The quantitative estimate of drug-likeness (QED) is 0.347. The lowest BCUT2D eigenvalue weighted by molar-refractivity contribution is 0.673. The van der Waals surface area contributed by atoms with Crippen molar-refractivity contribution in [2.75, 3.05) is 0 Å². The van der Waals surface area contributed by atoms with Crippen LogP contribution >= 0.6 is 0 Å². The maximum atomic E-state index is 5.53. The van der Waals surface area contributed by atoms with Crippen LogP contribution in [0.2, 0.25) is 0 Å². The van der Waals surface area contributed by atoms with E-state index in [0.29, 0.717) is 12.3 Å². The number of rotatable bonds is 4. The van der Waals surface area contributed by atoms with Crippen LogP contribution in [0.1, 0.15) is 12.8 Å². The number of para-hydroxylation sites is 2. The number of nitrogens with zero attached hydrogens (tertiary/aromatic N) is 3. The van der Waals surface area contributed by atoms with Crippen LogP contribution < -0.4 is 11.6 Å². The lowest BCUT2D eigenvalue weighted by Crippen LogP contribution is -2.14. The van der Waals surface area contributed by atoms with E-state index >= 15 is 0 Å². The Morgan fingerprint density at radius 2 is 2.19 bits per heavy atom. The predicted molar refractivity (Wildman–Crippen MR) is 64.8 cm³/mol. The Bertz CT molecular complexity index is 500. The molecule has 0 spiro atoms. The number of aryl methyl sites for hydroxylation is 1. The van der Waals surface area contributed by atoms with Crippen molar-refractivity contribution < 1.29 is 0 Å². The van der Waals surface area contributed by atoms with Gasteiger partial charge in [-0.3, -0.25) is 0 Å². The second kappa shape index (κ2) is 4.65. The first-order valence-electron chi connectivity index (χ1n) is 5.23. The minimum Gasteiger partial charge on any atom is -0.386 e. The lowest BCUT2D eigenvalue weighted by atomic mass is 10.2. The molecule has 0 saturated heterocycles. The summed E-state index contributed by atoms with van der Waals surface area (Å²) in [4.78, 5) is 4.31. The van der Waals surface area contributed by atoms with E-state index < -0.39 is 0 Å². The van der Waals surface area contributed by atoms with Gasteiger partial charge in [-0.15, -0.1) is 0 Å². The van der Waals surface area contributed by atoms with E-state index in [1.165, 1.54) is 0 Å². The van der Waals surface area contributed by atoms with Crippen LogP contribution in [0.5, 0.6) is 0 Å². The van der Waals surface area contributed by atoms with Gasteiger partial charge in [-0.05, 0) is 18.6 Å². The molecule has 1 heterocycles. The zero-order chi connectivity index (χ0) is 11.4. The zero-order valence-corrected chi connectivity index (χ0v) is 9.00. The highest BCUT2D eigenvalue weighted by Crippen LogP contribution is 2.12. The molecule has 0 aliphatic carbocycles. The second-order valence-corrected chi connectivity index (χ2v) is 3.65. The molecule has 16 heavy (non-hydrogen) atoms. The van der Waals surface area contributed by atoms with Crippen LogP contribution in [-0.2, 0) is 6.54 Å². The monoisotopic (exact) mass is 217 g/mol. The predicted octanol–water partition coefficient (Wildman–Crippen LogP) is 1.05. The van der Waals surface area contributed by atoms with Crippen LogP contribution in [0.4, 0.5) is 0 Å². The summed E-state index contributed by atoms with van der Waals surface area (Å²) in [5, 5.41) is 3.44. The van der Waals surface area contributed by atoms with Crippen LogP contribution in [0.25, 0.3) is 11.0 Å². The number of nitrogens with two attached hydrogens (primary N) is 2. The summed E-state index contributed by atoms with van der Waals surface area (Å²) in [5.74, 6) is 5.56. The Kier molecular flexibility index (Phi) is 3.05. The third-order valence-corrected chi connectivity index (χ3v) is 2.53. The number of aromatic nitrogens is 2. The molecule has 0 aliphatic heterocycles. The number of fused-ring (bicyclic) bond motifs is 1. The van der Waals surface area contributed by atoms with Crippen molar-refractivity contribution in [2.45, 2.75) is 19.4 Å². The number of hydrazone groups is 1. The molecule has 1 aromatic carbocycles. The first-order valence-corrected chi connectivity index (χ1v) is 5.23. The number of amidine groups is 1. The molecule has 84 valence electrons. The van der Waals surface area contributed by atoms with Crippen molar-refractivity contribution in [1.29, 1.82) is 0 Å². The second-order valence-electron chi connectivity index (χ2n) is 3.65. The molecule has 0 bridgehead atoms. The minimum absolute atomic E-state index is 0.490. The Labute approximate surface area is 93.8 Å². The standard InChI is InChI=1S/C11H15N5/c12-11(15-13)6-3-7-16-8-14-9-4-1-2-5-10(9)16/h1-2,4-5,8H,3,6-7,13H2,(H2,12,15). The average Bonchev–Trinajstić information content (AvgIpc) is 2.73. The summed E-state index contributed by atoms with van der Waals surface area (Å²) >= 11 is 0. The topological polar surface area (TPSA) is 82.2 Å². The number of benzene rings is 1. The van der Waals surface area contributed by atoms with Gasteiger partial charge >= 0.3 is 0 Å². The van der Waals surface area contributed by atoms with Crippen molar-refractivity contribution in [1.82, 2.24) is 9.55 Å². The van der Waals surface area contributed by atoms with Crippen LogP contribution in [0.15, 0.2) is 35.7 Å². The highest BCUT2D eigenvalue weighted by Gasteiger charge is 2.01. The molecule has 0 unspecified atom stereocenters. The molecule has 0 atom stereocenters. The van der Waals surface area contributed by atoms with Gasteiger partial charge in [0.1, 0.15) is 5.84 Å². The maximum Gasteiger partial charge on any atom is 0.119 e. The van der Waals surface area contributed by atoms with E-state index in [1.807, 2.05) is 24.5 Å². The molecule has 0 aliphatic rings. The molecule has 5 nitrogen and oxygen atoms in total. The SMILES string of the molecule is NN=C(N)CCCn1cnc2ccccc21. The Morgan fingerprint density at radius 3 is 3.00 bits per heavy atom. The van der Waals surface area contributed by atoms with Gasteiger partial charge in [-0.2, -0.15) is 5.10 Å². The van der Waals surface area contributed by atoms with Gasteiger partial charge in [-0.1, -0.05) is 12.1 Å². The van der Waals surface area contributed by atoms with Crippen LogP contribution in [0, 0.1) is 0 Å².